The summed E-state index contributed by atoms with van der Waals surface area (Å²) in [5.74, 6) is 0. The van der Waals surface area contributed by atoms with Gasteiger partial charge in [-0.15, -0.1) is 0 Å². The van der Waals surface area contributed by atoms with Gasteiger partial charge in [-0.3, -0.25) is 0 Å². The fraction of sp³-hybridized carbons (Fsp3) is 0.750. The van der Waals surface area contributed by atoms with Crippen molar-refractivity contribution in [3.05, 3.63) is 0 Å². The van der Waals surface area contributed by atoms with E-state index in [9.17, 15) is 4.79 Å². The van der Waals surface area contributed by atoms with E-state index in [4.69, 9.17) is 0 Å². The molecule has 0 unspecified atom stereocenters. The molecule has 0 bridgehead atoms. The van der Waals surface area contributed by atoms with Crippen LogP contribution in [0.25, 0.3) is 0 Å². The van der Waals surface area contributed by atoms with Gasteiger partial charge in [0.25, 0.3) is 0 Å². The normalized spacial score (nSPS) is 10.7. The van der Waals surface area contributed by atoms with Crippen molar-refractivity contribution < 1.29 is 7.87 Å². The van der Waals surface area contributed by atoms with Gasteiger partial charge in [0.15, 0.2) is 0 Å². The first-order valence-electron chi connectivity index (χ1n) is 2.11. The summed E-state index contributed by atoms with van der Waals surface area (Å²) in [6, 6.07) is 0. The van der Waals surface area contributed by atoms with Crippen LogP contribution in [0.5, 0.6) is 0 Å². The SMILES string of the molecule is [CH3][Sn]([CH3])([CH3])[O][C]=O. The van der Waals surface area contributed by atoms with Crippen molar-refractivity contribution in [1.82, 2.24) is 0 Å². The summed E-state index contributed by atoms with van der Waals surface area (Å²) >= 11 is -2.20. The molecule has 0 aromatic heterocycles. The second-order valence-electron chi connectivity index (χ2n) is 2.30. The van der Waals surface area contributed by atoms with Crippen LogP contribution in [0.4, 0.5) is 0 Å². The summed E-state index contributed by atoms with van der Waals surface area (Å²) in [6.07, 6.45) is 0. The second-order valence-corrected chi connectivity index (χ2v) is 14.9. The molecule has 3 heteroatoms. The molecule has 0 amide bonds. The number of hydrogen-bond donors (Lipinski definition) is 0. The van der Waals surface area contributed by atoms with Crippen LogP contribution in [-0.2, 0) is 7.87 Å². The molecule has 0 spiro atoms. The summed E-state index contributed by atoms with van der Waals surface area (Å²) < 4.78 is 4.63. The fourth-order valence-electron chi connectivity index (χ4n) is 0.125. The number of carbonyl (C=O) groups excluding carboxylic acids is 1. The van der Waals surface area contributed by atoms with Gasteiger partial charge in [-0.05, 0) is 0 Å². The van der Waals surface area contributed by atoms with E-state index in [1.807, 2.05) is 14.8 Å². The monoisotopic (exact) mass is 209 g/mol. The van der Waals surface area contributed by atoms with E-state index >= 15 is 0 Å². The Bertz CT molecular complexity index is 64.6. The second kappa shape index (κ2) is 2.55. The van der Waals surface area contributed by atoms with Gasteiger partial charge in [0.2, 0.25) is 0 Å². The Hall–Kier alpha value is 0.269. The zero-order chi connectivity index (χ0) is 5.91. The Balaban J connectivity index is 3.34. The zero-order valence-electron chi connectivity index (χ0n) is 4.82. The molecule has 0 rings (SSSR count). The Morgan fingerprint density at radius 1 is 1.43 bits per heavy atom. The van der Waals surface area contributed by atoms with Gasteiger partial charge in [0, 0.05) is 0 Å². The van der Waals surface area contributed by atoms with Crippen LogP contribution in [0.15, 0.2) is 0 Å². The van der Waals surface area contributed by atoms with E-state index in [0.717, 1.165) is 0 Å². The van der Waals surface area contributed by atoms with Gasteiger partial charge < -0.3 is 0 Å². The maximum absolute atomic E-state index is 9.53. The minimum absolute atomic E-state index is 1.45. The molecule has 7 heavy (non-hydrogen) atoms. The van der Waals surface area contributed by atoms with E-state index < -0.39 is 18.8 Å². The Morgan fingerprint density at radius 3 is 1.86 bits per heavy atom. The van der Waals surface area contributed by atoms with Crippen LogP contribution in [0.2, 0.25) is 14.8 Å². The molecule has 0 aromatic carbocycles. The van der Waals surface area contributed by atoms with E-state index in [1.54, 1.807) is 0 Å². The maximum atomic E-state index is 9.53. The third-order valence-corrected chi connectivity index (χ3v) is 2.33. The quantitative estimate of drug-likeness (QED) is 0.630. The number of hydrogen-bond acceptors (Lipinski definition) is 2. The number of rotatable bonds is 2. The van der Waals surface area contributed by atoms with Crippen molar-refractivity contribution in [3.63, 3.8) is 0 Å². The fourth-order valence-corrected chi connectivity index (χ4v) is 0.839. The van der Waals surface area contributed by atoms with Crippen LogP contribution >= 0.6 is 0 Å². The average molecular weight is 208 g/mol. The third-order valence-electron chi connectivity index (χ3n) is 0.348. The summed E-state index contributed by atoms with van der Waals surface area (Å²) in [4.78, 5) is 15.5. The predicted molar refractivity (Wildman–Crippen MR) is 30.1 cm³/mol. The molecule has 0 aromatic rings. The van der Waals surface area contributed by atoms with Gasteiger partial charge >= 0.3 is 48.0 Å². The van der Waals surface area contributed by atoms with Crippen molar-refractivity contribution in [3.8, 4) is 0 Å². The molecule has 1 radical (unpaired) electrons. The topological polar surface area (TPSA) is 26.3 Å². The Morgan fingerprint density at radius 2 is 1.86 bits per heavy atom. The van der Waals surface area contributed by atoms with Gasteiger partial charge in [-0.2, -0.15) is 0 Å². The van der Waals surface area contributed by atoms with Gasteiger partial charge in [-0.1, -0.05) is 0 Å². The molecule has 0 fully saturated rings. The average Bonchev–Trinajstić information content (AvgIpc) is 1.30. The molecule has 0 saturated heterocycles. The van der Waals surface area contributed by atoms with Crippen LogP contribution < -0.4 is 0 Å². The first kappa shape index (κ1) is 7.27. The van der Waals surface area contributed by atoms with E-state index in [-0.39, 0.29) is 0 Å². The first-order chi connectivity index (χ1) is 3.06. The summed E-state index contributed by atoms with van der Waals surface area (Å²) in [7, 11) is 0. The molecule has 0 N–H and O–H groups in total. The molecule has 0 atom stereocenters. The Kier molecular flexibility index (Phi) is 2.64. The van der Waals surface area contributed by atoms with E-state index in [2.05, 4.69) is 3.07 Å². The van der Waals surface area contributed by atoms with Crippen molar-refractivity contribution >= 4 is 25.3 Å². The summed E-state index contributed by atoms with van der Waals surface area (Å²) in [6.45, 7) is 1.45. The van der Waals surface area contributed by atoms with Gasteiger partial charge in [0.1, 0.15) is 0 Å². The van der Waals surface area contributed by atoms with E-state index in [0.29, 0.717) is 0 Å². The minimum atomic E-state index is -2.20. The molecule has 0 aliphatic carbocycles. The molecule has 41 valence electrons. The molecule has 0 aliphatic heterocycles. The van der Waals surface area contributed by atoms with Crippen LogP contribution in [0.1, 0.15) is 0 Å². The standard InChI is InChI=1S/CO2.3CH3.Sn/c2-1-3;;;;/h;3*1H3;/q-1;;;;+1. The van der Waals surface area contributed by atoms with Crippen molar-refractivity contribution in [2.75, 3.05) is 0 Å². The van der Waals surface area contributed by atoms with E-state index in [1.165, 1.54) is 6.47 Å². The third kappa shape index (κ3) is 6.27. The van der Waals surface area contributed by atoms with Crippen LogP contribution in [0.3, 0.4) is 0 Å². The first-order valence-corrected chi connectivity index (χ1v) is 11.8. The van der Waals surface area contributed by atoms with Crippen LogP contribution in [0, 0.1) is 0 Å². The zero-order valence-corrected chi connectivity index (χ0v) is 7.67. The molecule has 2 nitrogen and oxygen atoms in total. The van der Waals surface area contributed by atoms with Gasteiger partial charge in [0.05, 0.1) is 0 Å². The van der Waals surface area contributed by atoms with Crippen molar-refractivity contribution in [1.29, 1.82) is 0 Å². The van der Waals surface area contributed by atoms with Crippen molar-refractivity contribution in [2.45, 2.75) is 14.8 Å². The molecule has 0 aliphatic rings. The van der Waals surface area contributed by atoms with Crippen LogP contribution in [-0.4, -0.2) is 25.3 Å². The molecule has 0 heterocycles. The summed E-state index contributed by atoms with van der Waals surface area (Å²) in [5, 5.41) is 0. The Labute approximate surface area is 48.3 Å². The van der Waals surface area contributed by atoms with Crippen molar-refractivity contribution in [2.24, 2.45) is 0 Å². The summed E-state index contributed by atoms with van der Waals surface area (Å²) in [5.41, 5.74) is 0. The predicted octanol–water partition coefficient (Wildman–Crippen LogP) is 0.905. The molecular weight excluding hydrogens is 199 g/mol. The van der Waals surface area contributed by atoms with Gasteiger partial charge in [-0.25, -0.2) is 0 Å². The molecule has 0 saturated carbocycles. The molecular formula is C4H9O2Sn.